The number of phenols is 1. The van der Waals surface area contributed by atoms with E-state index in [1.807, 2.05) is 42.5 Å². The zero-order valence-corrected chi connectivity index (χ0v) is 14.8. The van der Waals surface area contributed by atoms with Crippen molar-refractivity contribution in [3.63, 3.8) is 0 Å². The van der Waals surface area contributed by atoms with Crippen molar-refractivity contribution in [2.45, 2.75) is 18.9 Å². The molecule has 5 nitrogen and oxygen atoms in total. The van der Waals surface area contributed by atoms with Gasteiger partial charge in [0.25, 0.3) is 5.91 Å². The number of phenolic OH excluding ortho intramolecular Hbond substituents is 1. The Kier molecular flexibility index (Phi) is 4.50. The largest absolute Gasteiger partial charge is 0.507 e. The molecular weight excluding hydrogens is 340 g/mol. The van der Waals surface area contributed by atoms with Crippen LogP contribution >= 0.6 is 0 Å². The molecule has 5 heteroatoms. The van der Waals surface area contributed by atoms with Gasteiger partial charge in [-0.15, -0.1) is 0 Å². The third kappa shape index (κ3) is 3.36. The predicted octanol–water partition coefficient (Wildman–Crippen LogP) is 3.79. The molecule has 0 bridgehead atoms. The van der Waals surface area contributed by atoms with Crippen LogP contribution in [0.1, 0.15) is 23.2 Å². The highest BCUT2D eigenvalue weighted by atomic mass is 16.3. The molecule has 1 aliphatic heterocycles. The van der Waals surface area contributed by atoms with E-state index in [2.05, 4.69) is 5.32 Å². The zero-order valence-electron chi connectivity index (χ0n) is 14.8. The van der Waals surface area contributed by atoms with Crippen LogP contribution in [0.5, 0.6) is 5.75 Å². The number of para-hydroxylation sites is 1. The summed E-state index contributed by atoms with van der Waals surface area (Å²) >= 11 is 0. The molecule has 1 aliphatic rings. The number of hydrogen-bond donors (Lipinski definition) is 2. The van der Waals surface area contributed by atoms with E-state index in [1.54, 1.807) is 23.1 Å². The number of likely N-dealkylation sites (tertiary alicyclic amines) is 1. The third-order valence-corrected chi connectivity index (χ3v) is 4.97. The van der Waals surface area contributed by atoms with Crippen molar-refractivity contribution in [3.8, 4) is 5.75 Å². The SMILES string of the molecule is O=C(Nc1ccc2ccccc2c1)C1CCCN1C(=O)c1ccccc1O. The molecule has 2 N–H and O–H groups in total. The van der Waals surface area contributed by atoms with Gasteiger partial charge in [-0.2, -0.15) is 0 Å². The van der Waals surface area contributed by atoms with Crippen LogP contribution in [0.2, 0.25) is 0 Å². The first-order valence-electron chi connectivity index (χ1n) is 9.02. The van der Waals surface area contributed by atoms with E-state index < -0.39 is 6.04 Å². The molecule has 2 amide bonds. The summed E-state index contributed by atoms with van der Waals surface area (Å²) in [7, 11) is 0. The first-order valence-corrected chi connectivity index (χ1v) is 9.02. The lowest BCUT2D eigenvalue weighted by Crippen LogP contribution is -2.43. The Labute approximate surface area is 157 Å². The van der Waals surface area contributed by atoms with E-state index in [4.69, 9.17) is 0 Å². The first-order chi connectivity index (χ1) is 13.1. The fraction of sp³-hybridized carbons (Fsp3) is 0.182. The van der Waals surface area contributed by atoms with Crippen molar-refractivity contribution in [1.82, 2.24) is 4.90 Å². The number of rotatable bonds is 3. The molecule has 1 unspecified atom stereocenters. The summed E-state index contributed by atoms with van der Waals surface area (Å²) in [4.78, 5) is 27.2. The average molecular weight is 360 g/mol. The highest BCUT2D eigenvalue weighted by molar-refractivity contribution is 6.03. The molecule has 1 saturated heterocycles. The number of nitrogens with one attached hydrogen (secondary N) is 1. The lowest BCUT2D eigenvalue weighted by molar-refractivity contribution is -0.119. The van der Waals surface area contributed by atoms with Gasteiger partial charge in [0.1, 0.15) is 11.8 Å². The minimum absolute atomic E-state index is 0.0666. The second-order valence-electron chi connectivity index (χ2n) is 6.72. The van der Waals surface area contributed by atoms with Gasteiger partial charge in [0.15, 0.2) is 0 Å². The van der Waals surface area contributed by atoms with E-state index in [1.165, 1.54) is 6.07 Å². The van der Waals surface area contributed by atoms with Gasteiger partial charge in [-0.3, -0.25) is 9.59 Å². The monoisotopic (exact) mass is 360 g/mol. The number of amides is 2. The Morgan fingerprint density at radius 1 is 0.963 bits per heavy atom. The van der Waals surface area contributed by atoms with Gasteiger partial charge in [0.05, 0.1) is 5.56 Å². The number of aromatic hydroxyl groups is 1. The Morgan fingerprint density at radius 2 is 1.70 bits per heavy atom. The van der Waals surface area contributed by atoms with Crippen molar-refractivity contribution >= 4 is 28.3 Å². The van der Waals surface area contributed by atoms with Crippen molar-refractivity contribution in [2.75, 3.05) is 11.9 Å². The summed E-state index contributed by atoms with van der Waals surface area (Å²) in [5.41, 5.74) is 0.934. The number of carbonyl (C=O) groups excluding carboxylic acids is 2. The summed E-state index contributed by atoms with van der Waals surface area (Å²) in [6.07, 6.45) is 1.37. The van der Waals surface area contributed by atoms with Gasteiger partial charge in [0.2, 0.25) is 5.91 Å². The van der Waals surface area contributed by atoms with Crippen LogP contribution in [-0.4, -0.2) is 34.4 Å². The number of carbonyl (C=O) groups is 2. The average Bonchev–Trinajstić information content (AvgIpc) is 3.18. The number of fused-ring (bicyclic) bond motifs is 1. The molecule has 27 heavy (non-hydrogen) atoms. The molecule has 0 aliphatic carbocycles. The third-order valence-electron chi connectivity index (χ3n) is 4.97. The van der Waals surface area contributed by atoms with E-state index in [-0.39, 0.29) is 23.1 Å². The fourth-order valence-corrected chi connectivity index (χ4v) is 3.58. The Hall–Kier alpha value is -3.34. The van der Waals surface area contributed by atoms with E-state index in [9.17, 15) is 14.7 Å². The van der Waals surface area contributed by atoms with Crippen molar-refractivity contribution in [2.24, 2.45) is 0 Å². The van der Waals surface area contributed by atoms with Gasteiger partial charge < -0.3 is 15.3 Å². The molecule has 0 aromatic heterocycles. The first kappa shape index (κ1) is 17.1. The van der Waals surface area contributed by atoms with Gasteiger partial charge in [-0.05, 0) is 47.9 Å². The minimum Gasteiger partial charge on any atom is -0.507 e. The van der Waals surface area contributed by atoms with Crippen LogP contribution in [0.25, 0.3) is 10.8 Å². The Bertz CT molecular complexity index is 1020. The molecule has 4 rings (SSSR count). The van der Waals surface area contributed by atoms with E-state index >= 15 is 0 Å². The molecule has 3 aromatic carbocycles. The zero-order chi connectivity index (χ0) is 18.8. The van der Waals surface area contributed by atoms with E-state index in [0.29, 0.717) is 18.7 Å². The highest BCUT2D eigenvalue weighted by Crippen LogP contribution is 2.26. The Balaban J connectivity index is 1.53. The standard InChI is InChI=1S/C22H20N2O3/c25-20-10-4-3-8-18(20)22(27)24-13-5-9-19(24)21(26)23-17-12-11-15-6-1-2-7-16(15)14-17/h1-4,6-8,10-12,14,19,25H,5,9,13H2,(H,23,26). The summed E-state index contributed by atoms with van der Waals surface area (Å²) < 4.78 is 0. The van der Waals surface area contributed by atoms with Gasteiger partial charge in [0, 0.05) is 12.2 Å². The number of benzene rings is 3. The molecule has 3 aromatic rings. The van der Waals surface area contributed by atoms with Gasteiger partial charge in [-0.1, -0.05) is 42.5 Å². The highest BCUT2D eigenvalue weighted by Gasteiger charge is 2.35. The molecule has 1 atom stereocenters. The smallest absolute Gasteiger partial charge is 0.258 e. The molecule has 1 heterocycles. The topological polar surface area (TPSA) is 69.6 Å². The molecule has 1 fully saturated rings. The summed E-state index contributed by atoms with van der Waals surface area (Å²) in [5.74, 6) is -0.584. The van der Waals surface area contributed by atoms with Crippen LogP contribution in [0, 0.1) is 0 Å². The summed E-state index contributed by atoms with van der Waals surface area (Å²) in [6.45, 7) is 0.503. The number of nitrogens with zero attached hydrogens (tertiary/aromatic N) is 1. The van der Waals surface area contributed by atoms with Crippen molar-refractivity contribution < 1.29 is 14.7 Å². The Morgan fingerprint density at radius 3 is 2.52 bits per heavy atom. The van der Waals surface area contributed by atoms with Gasteiger partial charge in [-0.25, -0.2) is 0 Å². The molecule has 0 spiro atoms. The predicted molar refractivity (Wildman–Crippen MR) is 105 cm³/mol. The summed E-state index contributed by atoms with van der Waals surface area (Å²) in [6, 6.07) is 19.6. The quantitative estimate of drug-likeness (QED) is 0.747. The lowest BCUT2D eigenvalue weighted by atomic mass is 10.1. The number of anilines is 1. The van der Waals surface area contributed by atoms with E-state index in [0.717, 1.165) is 17.2 Å². The molecule has 0 radical (unpaired) electrons. The van der Waals surface area contributed by atoms with Crippen LogP contribution in [0.15, 0.2) is 66.7 Å². The second-order valence-corrected chi connectivity index (χ2v) is 6.72. The van der Waals surface area contributed by atoms with Crippen LogP contribution < -0.4 is 5.32 Å². The maximum absolute atomic E-state index is 12.8. The molecular formula is C22H20N2O3. The van der Waals surface area contributed by atoms with Crippen LogP contribution in [0.3, 0.4) is 0 Å². The minimum atomic E-state index is -0.538. The maximum atomic E-state index is 12.8. The van der Waals surface area contributed by atoms with Crippen molar-refractivity contribution in [1.29, 1.82) is 0 Å². The normalized spacial score (nSPS) is 16.4. The lowest BCUT2D eigenvalue weighted by Gasteiger charge is -2.24. The molecule has 0 saturated carbocycles. The van der Waals surface area contributed by atoms with Crippen molar-refractivity contribution in [3.05, 3.63) is 72.3 Å². The molecule has 136 valence electrons. The van der Waals surface area contributed by atoms with Gasteiger partial charge >= 0.3 is 0 Å². The second kappa shape index (κ2) is 7.11. The van der Waals surface area contributed by atoms with Crippen LogP contribution in [-0.2, 0) is 4.79 Å². The number of hydrogen-bond acceptors (Lipinski definition) is 3. The summed E-state index contributed by atoms with van der Waals surface area (Å²) in [5, 5.41) is 15.0. The maximum Gasteiger partial charge on any atom is 0.258 e. The fourth-order valence-electron chi connectivity index (χ4n) is 3.58. The van der Waals surface area contributed by atoms with Crippen LogP contribution in [0.4, 0.5) is 5.69 Å².